The summed E-state index contributed by atoms with van der Waals surface area (Å²) in [7, 11) is 0. The van der Waals surface area contributed by atoms with Gasteiger partial charge in [0.15, 0.2) is 0 Å². The second kappa shape index (κ2) is 8.53. The molecule has 4 rings (SSSR count). The van der Waals surface area contributed by atoms with Crippen molar-refractivity contribution < 1.29 is 9.59 Å². The maximum Gasteiger partial charge on any atom is 0.281 e. The molecular formula is C23H21N5O2S. The standard InChI is InChI=1S/C23H21N5O2S/c1-14-13-15(2)28(27-14)19-11-9-17(10-12-19)21(29)25-26-22(30)20-16(3)24-23(31-20)18-7-5-4-6-8-18/h4-13H,1-3H3,(H,25,29)(H,26,30). The zero-order valence-corrected chi connectivity index (χ0v) is 18.2. The monoisotopic (exact) mass is 431 g/mol. The SMILES string of the molecule is Cc1cc(C)n(-c2ccc(C(=O)NNC(=O)c3sc(-c4ccccc4)nc3C)cc2)n1. The predicted molar refractivity (Wildman–Crippen MR) is 120 cm³/mol. The Morgan fingerprint density at radius 3 is 2.23 bits per heavy atom. The summed E-state index contributed by atoms with van der Waals surface area (Å²) in [6.07, 6.45) is 0. The Balaban J connectivity index is 1.41. The van der Waals surface area contributed by atoms with Crippen LogP contribution in [0.2, 0.25) is 0 Å². The maximum atomic E-state index is 12.6. The topological polar surface area (TPSA) is 88.9 Å². The van der Waals surface area contributed by atoms with Gasteiger partial charge in [-0.25, -0.2) is 9.67 Å². The molecule has 0 radical (unpaired) electrons. The fourth-order valence-corrected chi connectivity index (χ4v) is 4.16. The summed E-state index contributed by atoms with van der Waals surface area (Å²) in [5, 5.41) is 5.19. The van der Waals surface area contributed by atoms with E-state index in [-0.39, 0.29) is 0 Å². The Morgan fingerprint density at radius 1 is 0.903 bits per heavy atom. The van der Waals surface area contributed by atoms with E-state index in [1.54, 1.807) is 19.1 Å². The van der Waals surface area contributed by atoms with Crippen molar-refractivity contribution in [3.8, 4) is 16.3 Å². The van der Waals surface area contributed by atoms with Crippen LogP contribution in [-0.4, -0.2) is 26.6 Å². The second-order valence-corrected chi connectivity index (χ2v) is 8.09. The van der Waals surface area contributed by atoms with Crippen LogP contribution in [-0.2, 0) is 0 Å². The van der Waals surface area contributed by atoms with Gasteiger partial charge in [-0.05, 0) is 51.1 Å². The predicted octanol–water partition coefficient (Wildman–Crippen LogP) is 4.00. The highest BCUT2D eigenvalue weighted by atomic mass is 32.1. The van der Waals surface area contributed by atoms with E-state index in [1.807, 2.05) is 67.1 Å². The summed E-state index contributed by atoms with van der Waals surface area (Å²) >= 11 is 1.29. The molecule has 2 aromatic heterocycles. The van der Waals surface area contributed by atoms with Crippen LogP contribution < -0.4 is 10.9 Å². The molecule has 0 bridgehead atoms. The van der Waals surface area contributed by atoms with E-state index in [4.69, 9.17) is 0 Å². The lowest BCUT2D eigenvalue weighted by Gasteiger charge is -2.08. The molecule has 2 aromatic carbocycles. The second-order valence-electron chi connectivity index (χ2n) is 7.09. The minimum Gasteiger partial charge on any atom is -0.267 e. The van der Waals surface area contributed by atoms with E-state index in [2.05, 4.69) is 20.9 Å². The summed E-state index contributed by atoms with van der Waals surface area (Å²) in [4.78, 5) is 29.9. The number of nitrogens with one attached hydrogen (secondary N) is 2. The van der Waals surface area contributed by atoms with Gasteiger partial charge in [-0.2, -0.15) is 5.10 Å². The number of amides is 2. The van der Waals surface area contributed by atoms with Crippen LogP contribution in [0.1, 0.15) is 37.1 Å². The molecule has 0 saturated heterocycles. The van der Waals surface area contributed by atoms with E-state index >= 15 is 0 Å². The Bertz CT molecular complexity index is 1240. The first kappa shape index (κ1) is 20.5. The third-order valence-electron chi connectivity index (χ3n) is 4.70. The van der Waals surface area contributed by atoms with Gasteiger partial charge < -0.3 is 0 Å². The number of hydrogen-bond donors (Lipinski definition) is 2. The maximum absolute atomic E-state index is 12.6. The van der Waals surface area contributed by atoms with Gasteiger partial charge >= 0.3 is 0 Å². The molecule has 2 heterocycles. The molecule has 8 heteroatoms. The minimum atomic E-state index is -0.404. The number of rotatable bonds is 4. The van der Waals surface area contributed by atoms with Crippen LogP contribution in [0.5, 0.6) is 0 Å². The Kier molecular flexibility index (Phi) is 5.64. The number of aryl methyl sites for hydroxylation is 3. The van der Waals surface area contributed by atoms with Gasteiger partial charge in [0.2, 0.25) is 0 Å². The molecule has 7 nitrogen and oxygen atoms in total. The lowest BCUT2D eigenvalue weighted by atomic mass is 10.2. The molecule has 0 saturated carbocycles. The van der Waals surface area contributed by atoms with Crippen molar-refractivity contribution in [1.82, 2.24) is 25.6 Å². The lowest BCUT2D eigenvalue weighted by Crippen LogP contribution is -2.41. The summed E-state index contributed by atoms with van der Waals surface area (Å²) < 4.78 is 1.82. The molecule has 2 amide bonds. The molecule has 4 aromatic rings. The lowest BCUT2D eigenvalue weighted by molar-refractivity contribution is 0.0848. The summed E-state index contributed by atoms with van der Waals surface area (Å²) in [5.41, 5.74) is 9.73. The van der Waals surface area contributed by atoms with Crippen molar-refractivity contribution >= 4 is 23.2 Å². The molecule has 0 aliphatic rings. The first-order valence-corrected chi connectivity index (χ1v) is 10.5. The highest BCUT2D eigenvalue weighted by molar-refractivity contribution is 7.17. The van der Waals surface area contributed by atoms with E-state index in [9.17, 15) is 9.59 Å². The first-order valence-electron chi connectivity index (χ1n) is 9.69. The van der Waals surface area contributed by atoms with E-state index in [0.29, 0.717) is 16.1 Å². The molecule has 0 fully saturated rings. The number of hydrogen-bond acceptors (Lipinski definition) is 5. The van der Waals surface area contributed by atoms with Crippen LogP contribution in [0.4, 0.5) is 0 Å². The van der Waals surface area contributed by atoms with Crippen molar-refractivity contribution in [1.29, 1.82) is 0 Å². The molecule has 0 atom stereocenters. The summed E-state index contributed by atoms with van der Waals surface area (Å²) in [5.74, 6) is -0.802. The molecule has 156 valence electrons. The Hall–Kier alpha value is -3.78. The van der Waals surface area contributed by atoms with Crippen molar-refractivity contribution in [3.63, 3.8) is 0 Å². The highest BCUT2D eigenvalue weighted by Crippen LogP contribution is 2.27. The zero-order chi connectivity index (χ0) is 22.0. The first-order chi connectivity index (χ1) is 14.9. The molecule has 0 aliphatic carbocycles. The van der Waals surface area contributed by atoms with Crippen LogP contribution in [0.25, 0.3) is 16.3 Å². The number of nitrogens with zero attached hydrogens (tertiary/aromatic N) is 3. The van der Waals surface area contributed by atoms with Crippen molar-refractivity contribution in [2.45, 2.75) is 20.8 Å². The number of hydrazine groups is 1. The number of carbonyl (C=O) groups is 2. The zero-order valence-electron chi connectivity index (χ0n) is 17.3. The van der Waals surface area contributed by atoms with Crippen molar-refractivity contribution in [2.75, 3.05) is 0 Å². The van der Waals surface area contributed by atoms with Crippen molar-refractivity contribution in [3.05, 3.63) is 88.2 Å². The minimum absolute atomic E-state index is 0.398. The highest BCUT2D eigenvalue weighted by Gasteiger charge is 2.17. The van der Waals surface area contributed by atoms with Gasteiger partial charge in [0.25, 0.3) is 11.8 Å². The smallest absolute Gasteiger partial charge is 0.267 e. The van der Waals surface area contributed by atoms with Gasteiger partial charge in [-0.1, -0.05) is 30.3 Å². The fourth-order valence-electron chi connectivity index (χ4n) is 3.20. The fraction of sp³-hybridized carbons (Fsp3) is 0.130. The number of carbonyl (C=O) groups excluding carboxylic acids is 2. The van der Waals surface area contributed by atoms with E-state index in [1.165, 1.54) is 11.3 Å². The van der Waals surface area contributed by atoms with Crippen LogP contribution in [0.15, 0.2) is 60.7 Å². The van der Waals surface area contributed by atoms with E-state index < -0.39 is 11.8 Å². The van der Waals surface area contributed by atoms with Gasteiger partial charge in [0.05, 0.1) is 17.1 Å². The third-order valence-corrected chi connectivity index (χ3v) is 5.90. The Morgan fingerprint density at radius 2 is 1.58 bits per heavy atom. The average Bonchev–Trinajstić information content (AvgIpc) is 3.34. The summed E-state index contributed by atoms with van der Waals surface area (Å²) in [6, 6.07) is 18.7. The third kappa shape index (κ3) is 4.39. The number of benzene rings is 2. The van der Waals surface area contributed by atoms with Gasteiger partial charge in [0, 0.05) is 16.8 Å². The van der Waals surface area contributed by atoms with Crippen LogP contribution >= 0.6 is 11.3 Å². The average molecular weight is 432 g/mol. The molecular weight excluding hydrogens is 410 g/mol. The van der Waals surface area contributed by atoms with Crippen LogP contribution in [0.3, 0.4) is 0 Å². The normalized spacial score (nSPS) is 10.7. The molecule has 31 heavy (non-hydrogen) atoms. The van der Waals surface area contributed by atoms with Gasteiger partial charge in [0.1, 0.15) is 9.88 Å². The number of aromatic nitrogens is 3. The molecule has 0 spiro atoms. The van der Waals surface area contributed by atoms with Gasteiger partial charge in [-0.3, -0.25) is 20.4 Å². The number of thiazole rings is 1. The van der Waals surface area contributed by atoms with Crippen LogP contribution in [0, 0.1) is 20.8 Å². The molecule has 0 unspecified atom stereocenters. The Labute approximate surface area is 183 Å². The largest absolute Gasteiger partial charge is 0.281 e. The quantitative estimate of drug-likeness (QED) is 0.478. The van der Waals surface area contributed by atoms with E-state index in [0.717, 1.165) is 27.6 Å². The van der Waals surface area contributed by atoms with Crippen molar-refractivity contribution in [2.24, 2.45) is 0 Å². The van der Waals surface area contributed by atoms with Gasteiger partial charge in [-0.15, -0.1) is 11.3 Å². The molecule has 2 N–H and O–H groups in total. The summed E-state index contributed by atoms with van der Waals surface area (Å²) in [6.45, 7) is 5.68. The molecule has 0 aliphatic heterocycles.